The van der Waals surface area contributed by atoms with E-state index >= 15 is 0 Å². The number of carbonyl (C=O) groups excluding carboxylic acids is 2. The summed E-state index contributed by atoms with van der Waals surface area (Å²) in [5, 5.41) is 12.7. The number of para-hydroxylation sites is 1. The van der Waals surface area contributed by atoms with Crippen molar-refractivity contribution in [2.45, 2.75) is 32.4 Å². The number of carboxylic acids is 1. The van der Waals surface area contributed by atoms with Crippen LogP contribution >= 0.6 is 11.8 Å². The van der Waals surface area contributed by atoms with E-state index < -0.39 is 29.9 Å². The predicted molar refractivity (Wildman–Crippen MR) is 125 cm³/mol. The molecule has 9 nitrogen and oxygen atoms in total. The Morgan fingerprint density at radius 3 is 2.58 bits per heavy atom. The molecule has 2 fully saturated rings. The Morgan fingerprint density at radius 1 is 1.24 bits per heavy atom. The minimum Gasteiger partial charge on any atom is -0.484 e. The number of rotatable bonds is 11. The van der Waals surface area contributed by atoms with Crippen LogP contribution in [-0.2, 0) is 19.1 Å². The molecule has 0 aromatic heterocycles. The van der Waals surface area contributed by atoms with Crippen LogP contribution in [-0.4, -0.2) is 89.2 Å². The molecule has 1 aromatic carbocycles. The monoisotopic (exact) mass is 477 g/mol. The first-order chi connectivity index (χ1) is 15.9. The number of benzene rings is 1. The average Bonchev–Trinajstić information content (AvgIpc) is 2.84. The average molecular weight is 478 g/mol. The highest BCUT2D eigenvalue weighted by atomic mass is 32.2. The zero-order valence-electron chi connectivity index (χ0n) is 19.0. The number of carboxylic acid groups (broad SMARTS) is 1. The van der Waals surface area contributed by atoms with Crippen LogP contribution < -0.4 is 10.1 Å². The largest absolute Gasteiger partial charge is 0.484 e. The number of aliphatic carboxylic acids is 1. The summed E-state index contributed by atoms with van der Waals surface area (Å²) in [5.41, 5.74) is 0.504. The minimum absolute atomic E-state index is 0.0283. The number of hydrogen-bond donors (Lipinski definition) is 2. The third kappa shape index (κ3) is 6.20. The summed E-state index contributed by atoms with van der Waals surface area (Å²) in [7, 11) is 0. The van der Waals surface area contributed by atoms with E-state index in [9.17, 15) is 19.5 Å². The van der Waals surface area contributed by atoms with Crippen LogP contribution in [0.5, 0.6) is 5.75 Å². The minimum atomic E-state index is -1.15. The van der Waals surface area contributed by atoms with Crippen molar-refractivity contribution >= 4 is 29.5 Å². The molecular formula is C23H31N3O6S. The van der Waals surface area contributed by atoms with Crippen molar-refractivity contribution in [1.82, 2.24) is 15.1 Å². The highest BCUT2D eigenvalue weighted by molar-refractivity contribution is 7.99. The van der Waals surface area contributed by atoms with Gasteiger partial charge in [-0.15, -0.1) is 0 Å². The Kier molecular flexibility index (Phi) is 9.02. The lowest BCUT2D eigenvalue weighted by molar-refractivity contribution is -0.155. The molecule has 0 saturated carbocycles. The van der Waals surface area contributed by atoms with E-state index in [4.69, 9.17) is 9.47 Å². The van der Waals surface area contributed by atoms with Crippen LogP contribution in [0.15, 0.2) is 41.7 Å². The molecule has 10 heteroatoms. The zero-order valence-corrected chi connectivity index (χ0v) is 19.8. The van der Waals surface area contributed by atoms with Crippen LogP contribution in [0.1, 0.15) is 20.3 Å². The first-order valence-corrected chi connectivity index (χ1v) is 12.2. The lowest BCUT2D eigenvalue weighted by Crippen LogP contribution is -2.71. The van der Waals surface area contributed by atoms with Gasteiger partial charge in [0.1, 0.15) is 17.5 Å². The first kappa shape index (κ1) is 24.9. The Balaban J connectivity index is 1.73. The van der Waals surface area contributed by atoms with Gasteiger partial charge in [-0.2, -0.15) is 11.8 Å². The molecule has 2 aliphatic rings. The Morgan fingerprint density at radius 2 is 1.94 bits per heavy atom. The van der Waals surface area contributed by atoms with Crippen LogP contribution in [0.4, 0.5) is 0 Å². The summed E-state index contributed by atoms with van der Waals surface area (Å²) in [6.07, 6.45) is 0.571. The summed E-state index contributed by atoms with van der Waals surface area (Å²) in [6, 6.07) is 7.73. The molecule has 0 bridgehead atoms. The van der Waals surface area contributed by atoms with E-state index in [0.29, 0.717) is 44.2 Å². The number of ether oxygens (including phenoxy) is 2. The van der Waals surface area contributed by atoms with Crippen LogP contribution in [0.3, 0.4) is 0 Å². The van der Waals surface area contributed by atoms with Gasteiger partial charge >= 0.3 is 5.97 Å². The van der Waals surface area contributed by atoms with Crippen molar-refractivity contribution in [3.8, 4) is 5.75 Å². The SMILES string of the molecule is CCSCC[C@@H]1[C@H](NC(=O)COc2ccccc2)C(=O)N1C(C(=O)O)=C(C)N1CCOCC1. The van der Waals surface area contributed by atoms with Gasteiger partial charge < -0.3 is 24.8 Å². The molecule has 180 valence electrons. The number of amides is 2. The van der Waals surface area contributed by atoms with Crippen molar-refractivity contribution in [2.24, 2.45) is 0 Å². The molecular weight excluding hydrogens is 446 g/mol. The molecule has 2 atom stereocenters. The highest BCUT2D eigenvalue weighted by Crippen LogP contribution is 2.31. The van der Waals surface area contributed by atoms with Gasteiger partial charge in [-0.05, 0) is 37.0 Å². The summed E-state index contributed by atoms with van der Waals surface area (Å²) in [5.74, 6) is 0.230. The van der Waals surface area contributed by atoms with Crippen LogP contribution in [0.25, 0.3) is 0 Å². The van der Waals surface area contributed by atoms with Crippen molar-refractivity contribution in [2.75, 3.05) is 44.4 Å². The summed E-state index contributed by atoms with van der Waals surface area (Å²) < 4.78 is 10.8. The number of morpholine rings is 1. The van der Waals surface area contributed by atoms with E-state index in [0.717, 1.165) is 11.5 Å². The lowest BCUT2D eigenvalue weighted by Gasteiger charge is -2.48. The number of nitrogens with one attached hydrogen (secondary N) is 1. The molecule has 2 aliphatic heterocycles. The van der Waals surface area contributed by atoms with Gasteiger partial charge in [-0.1, -0.05) is 25.1 Å². The number of nitrogens with zero attached hydrogens (tertiary/aromatic N) is 2. The van der Waals surface area contributed by atoms with Gasteiger partial charge in [0.2, 0.25) is 0 Å². The molecule has 2 N–H and O–H groups in total. The summed E-state index contributed by atoms with van der Waals surface area (Å²) >= 11 is 1.71. The quantitative estimate of drug-likeness (QED) is 0.281. The molecule has 0 spiro atoms. The van der Waals surface area contributed by atoms with E-state index in [1.807, 2.05) is 17.9 Å². The van der Waals surface area contributed by atoms with Crippen LogP contribution in [0, 0.1) is 0 Å². The predicted octanol–water partition coefficient (Wildman–Crippen LogP) is 1.55. The number of allylic oxidation sites excluding steroid dienone is 1. The van der Waals surface area contributed by atoms with E-state index in [1.165, 1.54) is 4.90 Å². The first-order valence-electron chi connectivity index (χ1n) is 11.1. The number of hydrogen-bond acceptors (Lipinski definition) is 7. The maximum Gasteiger partial charge on any atom is 0.354 e. The maximum atomic E-state index is 13.1. The zero-order chi connectivity index (χ0) is 23.8. The summed E-state index contributed by atoms with van der Waals surface area (Å²) in [6.45, 7) is 5.69. The molecule has 2 saturated heterocycles. The van der Waals surface area contributed by atoms with Gasteiger partial charge in [-0.3, -0.25) is 14.5 Å². The molecule has 1 aromatic rings. The number of carbonyl (C=O) groups is 3. The van der Waals surface area contributed by atoms with Gasteiger partial charge in [0.05, 0.1) is 19.3 Å². The standard InChI is InChI=1S/C23H31N3O6S/c1-3-33-14-9-18-20(24-19(27)15-32-17-7-5-4-6-8-17)22(28)26(18)21(23(29)30)16(2)25-10-12-31-13-11-25/h4-8,18,20H,3,9-15H2,1-2H3,(H,24,27)(H,29,30)/t18-,20+/m1/s1. The Labute approximate surface area is 198 Å². The molecule has 3 rings (SSSR count). The van der Waals surface area contributed by atoms with Crippen LogP contribution in [0.2, 0.25) is 0 Å². The smallest absolute Gasteiger partial charge is 0.354 e. The van der Waals surface area contributed by atoms with E-state index in [-0.39, 0.29) is 12.3 Å². The number of β-lactam (4-membered cyclic amide) rings is 1. The van der Waals surface area contributed by atoms with Crippen molar-refractivity contribution in [3.63, 3.8) is 0 Å². The topological polar surface area (TPSA) is 108 Å². The highest BCUT2D eigenvalue weighted by Gasteiger charge is 2.51. The van der Waals surface area contributed by atoms with Crippen molar-refractivity contribution in [3.05, 3.63) is 41.7 Å². The second kappa shape index (κ2) is 11.9. The van der Waals surface area contributed by atoms with Gasteiger partial charge in [0.25, 0.3) is 11.8 Å². The number of thioether (sulfide) groups is 1. The molecule has 0 aliphatic carbocycles. The molecule has 2 amide bonds. The normalized spacial score (nSPS) is 21.2. The Bertz CT molecular complexity index is 872. The molecule has 0 radical (unpaired) electrons. The van der Waals surface area contributed by atoms with Gasteiger partial charge in [0.15, 0.2) is 6.61 Å². The van der Waals surface area contributed by atoms with Gasteiger partial charge in [-0.25, -0.2) is 4.79 Å². The molecule has 0 unspecified atom stereocenters. The second-order valence-corrected chi connectivity index (χ2v) is 9.14. The number of likely N-dealkylation sites (tertiary alicyclic amines) is 1. The van der Waals surface area contributed by atoms with E-state index in [1.54, 1.807) is 43.0 Å². The van der Waals surface area contributed by atoms with Crippen molar-refractivity contribution < 1.29 is 29.0 Å². The fourth-order valence-corrected chi connectivity index (χ4v) is 4.68. The third-order valence-corrected chi connectivity index (χ3v) is 6.62. The van der Waals surface area contributed by atoms with Gasteiger partial charge in [0, 0.05) is 18.8 Å². The van der Waals surface area contributed by atoms with E-state index in [2.05, 4.69) is 5.32 Å². The second-order valence-electron chi connectivity index (χ2n) is 7.75. The molecule has 2 heterocycles. The molecule has 33 heavy (non-hydrogen) atoms. The third-order valence-electron chi connectivity index (χ3n) is 5.68. The fraction of sp³-hybridized carbons (Fsp3) is 0.522. The lowest BCUT2D eigenvalue weighted by atomic mass is 9.91. The maximum absolute atomic E-state index is 13.1. The van der Waals surface area contributed by atoms with Crippen molar-refractivity contribution in [1.29, 1.82) is 0 Å². The fourth-order valence-electron chi connectivity index (χ4n) is 3.98. The summed E-state index contributed by atoms with van der Waals surface area (Å²) in [4.78, 5) is 41.0. The Hall–Kier alpha value is -2.72.